The molecule has 108 valence electrons. The fourth-order valence-corrected chi connectivity index (χ4v) is 2.85. The molecule has 1 aromatic carbocycles. The molecule has 7 heteroatoms. The van der Waals surface area contributed by atoms with Crippen molar-refractivity contribution in [3.8, 4) is 0 Å². The van der Waals surface area contributed by atoms with E-state index in [4.69, 9.17) is 23.2 Å². The molecular weight excluding hydrogens is 302 g/mol. The third kappa shape index (κ3) is 2.95. The van der Waals surface area contributed by atoms with Crippen LogP contribution in [0, 0.1) is 5.82 Å². The summed E-state index contributed by atoms with van der Waals surface area (Å²) < 4.78 is 15.4. The zero-order valence-corrected chi connectivity index (χ0v) is 12.9. The Morgan fingerprint density at radius 2 is 1.95 bits per heavy atom. The van der Waals surface area contributed by atoms with Crippen molar-refractivity contribution in [3.63, 3.8) is 0 Å². The van der Waals surface area contributed by atoms with Crippen LogP contribution in [0.25, 0.3) is 0 Å². The van der Waals surface area contributed by atoms with E-state index in [-0.39, 0.29) is 17.1 Å². The van der Waals surface area contributed by atoms with Crippen molar-refractivity contribution in [1.29, 1.82) is 0 Å². The summed E-state index contributed by atoms with van der Waals surface area (Å²) in [4.78, 5) is 0. The first kappa shape index (κ1) is 15.2. The SMILES string of the molecule is CC(NC(C)c1nncn1C)c1c(Cl)ccc(F)c1Cl. The number of benzene rings is 1. The molecule has 0 aliphatic heterocycles. The second-order valence-electron chi connectivity index (χ2n) is 4.67. The first-order chi connectivity index (χ1) is 9.41. The van der Waals surface area contributed by atoms with Crippen molar-refractivity contribution in [2.24, 2.45) is 7.05 Å². The molecule has 2 aromatic rings. The summed E-state index contributed by atoms with van der Waals surface area (Å²) in [6.07, 6.45) is 1.63. The molecule has 20 heavy (non-hydrogen) atoms. The molecule has 0 aliphatic carbocycles. The Morgan fingerprint density at radius 3 is 2.55 bits per heavy atom. The first-order valence-corrected chi connectivity index (χ1v) is 6.90. The lowest BCUT2D eigenvalue weighted by atomic mass is 10.1. The van der Waals surface area contributed by atoms with Crippen LogP contribution in [-0.2, 0) is 7.05 Å². The molecule has 2 atom stereocenters. The Kier molecular flexibility index (Phi) is 4.62. The van der Waals surface area contributed by atoms with Gasteiger partial charge in [0.2, 0.25) is 0 Å². The summed E-state index contributed by atoms with van der Waals surface area (Å²) in [6, 6.07) is 2.46. The van der Waals surface area contributed by atoms with E-state index in [9.17, 15) is 4.39 Å². The maximum atomic E-state index is 13.5. The van der Waals surface area contributed by atoms with E-state index in [0.29, 0.717) is 10.6 Å². The van der Waals surface area contributed by atoms with Crippen LogP contribution < -0.4 is 5.32 Å². The molecule has 1 N–H and O–H groups in total. The predicted molar refractivity (Wildman–Crippen MR) is 77.4 cm³/mol. The van der Waals surface area contributed by atoms with Crippen LogP contribution >= 0.6 is 23.2 Å². The van der Waals surface area contributed by atoms with Crippen LogP contribution in [0.5, 0.6) is 0 Å². The van der Waals surface area contributed by atoms with Gasteiger partial charge < -0.3 is 9.88 Å². The zero-order valence-electron chi connectivity index (χ0n) is 11.4. The van der Waals surface area contributed by atoms with Crippen molar-refractivity contribution >= 4 is 23.2 Å². The fraction of sp³-hybridized carbons (Fsp3) is 0.385. The highest BCUT2D eigenvalue weighted by Crippen LogP contribution is 2.33. The molecule has 0 amide bonds. The Hall–Kier alpha value is -1.17. The lowest BCUT2D eigenvalue weighted by molar-refractivity contribution is 0.464. The van der Waals surface area contributed by atoms with Crippen molar-refractivity contribution in [1.82, 2.24) is 20.1 Å². The monoisotopic (exact) mass is 316 g/mol. The molecule has 0 saturated carbocycles. The second-order valence-corrected chi connectivity index (χ2v) is 5.45. The van der Waals surface area contributed by atoms with Gasteiger partial charge in [-0.15, -0.1) is 10.2 Å². The summed E-state index contributed by atoms with van der Waals surface area (Å²) in [5, 5.41) is 11.6. The summed E-state index contributed by atoms with van der Waals surface area (Å²) in [7, 11) is 1.86. The Bertz CT molecular complexity index is 614. The largest absolute Gasteiger partial charge is 0.319 e. The van der Waals surface area contributed by atoms with Gasteiger partial charge in [0, 0.05) is 23.7 Å². The summed E-state index contributed by atoms with van der Waals surface area (Å²) in [5.41, 5.74) is 0.544. The van der Waals surface area contributed by atoms with Crippen LogP contribution in [0.4, 0.5) is 4.39 Å². The van der Waals surface area contributed by atoms with Crippen LogP contribution in [0.15, 0.2) is 18.5 Å². The fourth-order valence-electron chi connectivity index (χ4n) is 2.16. The highest BCUT2D eigenvalue weighted by Gasteiger charge is 2.20. The Labute approximate surface area is 126 Å². The number of aryl methyl sites for hydroxylation is 1. The molecule has 0 spiro atoms. The Balaban J connectivity index is 2.23. The van der Waals surface area contributed by atoms with Crippen LogP contribution in [0.1, 0.15) is 37.3 Å². The van der Waals surface area contributed by atoms with Gasteiger partial charge in [0.15, 0.2) is 0 Å². The van der Waals surface area contributed by atoms with E-state index in [2.05, 4.69) is 15.5 Å². The van der Waals surface area contributed by atoms with Gasteiger partial charge in [0.05, 0.1) is 11.1 Å². The van der Waals surface area contributed by atoms with E-state index in [0.717, 1.165) is 5.82 Å². The first-order valence-electron chi connectivity index (χ1n) is 6.15. The molecule has 0 aliphatic rings. The molecule has 0 radical (unpaired) electrons. The van der Waals surface area contributed by atoms with Crippen molar-refractivity contribution in [2.45, 2.75) is 25.9 Å². The summed E-state index contributed by atoms with van der Waals surface area (Å²) >= 11 is 12.1. The summed E-state index contributed by atoms with van der Waals surface area (Å²) in [5.74, 6) is 0.298. The molecule has 1 heterocycles. The van der Waals surface area contributed by atoms with E-state index >= 15 is 0 Å². The van der Waals surface area contributed by atoms with Gasteiger partial charge in [-0.1, -0.05) is 23.2 Å². The maximum Gasteiger partial charge on any atom is 0.149 e. The molecule has 1 aromatic heterocycles. The van der Waals surface area contributed by atoms with Crippen molar-refractivity contribution < 1.29 is 4.39 Å². The second kappa shape index (κ2) is 6.08. The van der Waals surface area contributed by atoms with E-state index in [1.165, 1.54) is 12.1 Å². The van der Waals surface area contributed by atoms with Crippen molar-refractivity contribution in [2.75, 3.05) is 0 Å². The van der Waals surface area contributed by atoms with Crippen molar-refractivity contribution in [3.05, 3.63) is 45.7 Å². The normalized spacial score (nSPS) is 14.3. The third-order valence-electron chi connectivity index (χ3n) is 3.15. The van der Waals surface area contributed by atoms with E-state index in [1.807, 2.05) is 25.5 Å². The molecule has 2 rings (SSSR count). The number of aromatic nitrogens is 3. The molecule has 0 saturated heterocycles. The molecule has 4 nitrogen and oxygen atoms in total. The number of rotatable bonds is 4. The molecular formula is C13H15Cl2FN4. The standard InChI is InChI=1S/C13H15Cl2FN4/c1-7(11-9(14)4-5-10(16)12(11)15)18-8(2)13-19-17-6-20(13)3/h4-8,18H,1-3H3. The van der Waals surface area contributed by atoms with Gasteiger partial charge in [-0.2, -0.15) is 0 Å². The molecule has 0 bridgehead atoms. The predicted octanol–water partition coefficient (Wildman–Crippen LogP) is 3.67. The lowest BCUT2D eigenvalue weighted by Gasteiger charge is -2.21. The highest BCUT2D eigenvalue weighted by atomic mass is 35.5. The van der Waals surface area contributed by atoms with E-state index < -0.39 is 5.82 Å². The average Bonchev–Trinajstić information content (AvgIpc) is 2.80. The topological polar surface area (TPSA) is 42.7 Å². The number of halogens is 3. The van der Waals surface area contributed by atoms with Crippen LogP contribution in [-0.4, -0.2) is 14.8 Å². The minimum absolute atomic E-state index is 0.0441. The van der Waals surface area contributed by atoms with Gasteiger partial charge in [-0.05, 0) is 26.0 Å². The van der Waals surface area contributed by atoms with Gasteiger partial charge in [-0.3, -0.25) is 0 Å². The quantitative estimate of drug-likeness (QED) is 0.875. The summed E-state index contributed by atoms with van der Waals surface area (Å²) in [6.45, 7) is 3.82. The third-order valence-corrected chi connectivity index (χ3v) is 3.86. The Morgan fingerprint density at radius 1 is 1.25 bits per heavy atom. The molecule has 0 fully saturated rings. The lowest BCUT2D eigenvalue weighted by Crippen LogP contribution is -2.25. The number of nitrogens with one attached hydrogen (secondary N) is 1. The van der Waals surface area contributed by atoms with Gasteiger partial charge in [0.1, 0.15) is 18.0 Å². The van der Waals surface area contributed by atoms with Gasteiger partial charge in [0.25, 0.3) is 0 Å². The highest BCUT2D eigenvalue weighted by molar-refractivity contribution is 6.36. The maximum absolute atomic E-state index is 13.5. The minimum atomic E-state index is -0.481. The molecule has 2 unspecified atom stereocenters. The number of hydrogen-bond acceptors (Lipinski definition) is 3. The van der Waals surface area contributed by atoms with E-state index in [1.54, 1.807) is 6.33 Å². The zero-order chi connectivity index (χ0) is 14.9. The van der Waals surface area contributed by atoms with Gasteiger partial charge >= 0.3 is 0 Å². The van der Waals surface area contributed by atoms with Crippen LogP contribution in [0.2, 0.25) is 10.0 Å². The average molecular weight is 317 g/mol. The number of hydrogen-bond donors (Lipinski definition) is 1. The number of nitrogens with zero attached hydrogens (tertiary/aromatic N) is 3. The smallest absolute Gasteiger partial charge is 0.149 e. The van der Waals surface area contributed by atoms with Crippen LogP contribution in [0.3, 0.4) is 0 Å². The minimum Gasteiger partial charge on any atom is -0.319 e. The van der Waals surface area contributed by atoms with Gasteiger partial charge in [-0.25, -0.2) is 4.39 Å².